The Labute approximate surface area is 144 Å². The van der Waals surface area contributed by atoms with Crippen molar-refractivity contribution in [2.75, 3.05) is 13.6 Å². The van der Waals surface area contributed by atoms with E-state index in [1.165, 1.54) is 5.56 Å². The number of nitrogens with two attached hydrogens (primary N) is 1. The van der Waals surface area contributed by atoms with Crippen molar-refractivity contribution in [1.82, 2.24) is 4.90 Å². The summed E-state index contributed by atoms with van der Waals surface area (Å²) in [4.78, 5) is 2.20. The van der Waals surface area contributed by atoms with Crippen LogP contribution < -0.4 is 5.73 Å². The van der Waals surface area contributed by atoms with Gasteiger partial charge in [0.1, 0.15) is 0 Å². The lowest BCUT2D eigenvalue weighted by molar-refractivity contribution is 0.241. The predicted octanol–water partition coefficient (Wildman–Crippen LogP) is 4.89. The standard InChI is InChI=1S/C16H17BrCl2N2/c1-21(10-11-4-2-3-5-15(11)17)16(9-20)12-6-13(18)8-14(19)7-12/h2-8,16H,9-10,20H2,1H3. The summed E-state index contributed by atoms with van der Waals surface area (Å²) < 4.78 is 1.09. The fourth-order valence-corrected chi connectivity index (χ4v) is 3.30. The Morgan fingerprint density at radius 3 is 2.33 bits per heavy atom. The highest BCUT2D eigenvalue weighted by molar-refractivity contribution is 9.10. The molecule has 2 aromatic carbocycles. The van der Waals surface area contributed by atoms with Gasteiger partial charge in [0.05, 0.1) is 0 Å². The van der Waals surface area contributed by atoms with Gasteiger partial charge in [-0.05, 0) is 42.4 Å². The lowest BCUT2D eigenvalue weighted by atomic mass is 10.0. The van der Waals surface area contributed by atoms with Crippen LogP contribution in [0.4, 0.5) is 0 Å². The number of hydrogen-bond acceptors (Lipinski definition) is 2. The van der Waals surface area contributed by atoms with Gasteiger partial charge in [-0.15, -0.1) is 0 Å². The molecule has 0 bridgehead atoms. The summed E-state index contributed by atoms with van der Waals surface area (Å²) in [5, 5.41) is 1.26. The molecule has 0 aliphatic rings. The van der Waals surface area contributed by atoms with Gasteiger partial charge in [-0.3, -0.25) is 4.90 Å². The van der Waals surface area contributed by atoms with Crippen LogP contribution in [0.2, 0.25) is 10.0 Å². The number of halogens is 3. The number of likely N-dealkylation sites (N-methyl/N-ethyl adjacent to an activating group) is 1. The summed E-state index contributed by atoms with van der Waals surface area (Å²) in [5.74, 6) is 0. The minimum atomic E-state index is 0.0632. The van der Waals surface area contributed by atoms with Crippen molar-refractivity contribution in [3.63, 3.8) is 0 Å². The third-order valence-electron chi connectivity index (χ3n) is 3.40. The third-order valence-corrected chi connectivity index (χ3v) is 4.61. The van der Waals surface area contributed by atoms with E-state index in [0.29, 0.717) is 16.6 Å². The Morgan fingerprint density at radius 2 is 1.76 bits per heavy atom. The Hall–Kier alpha value is -0.580. The van der Waals surface area contributed by atoms with Crippen molar-refractivity contribution in [3.05, 3.63) is 68.1 Å². The maximum Gasteiger partial charge on any atom is 0.0472 e. The average molecular weight is 388 g/mol. The molecule has 1 atom stereocenters. The van der Waals surface area contributed by atoms with Crippen molar-refractivity contribution in [2.45, 2.75) is 12.6 Å². The summed E-state index contributed by atoms with van der Waals surface area (Å²) in [6, 6.07) is 13.8. The Morgan fingerprint density at radius 1 is 1.14 bits per heavy atom. The van der Waals surface area contributed by atoms with Crippen LogP contribution in [0.3, 0.4) is 0 Å². The van der Waals surface area contributed by atoms with Gasteiger partial charge >= 0.3 is 0 Å². The fourth-order valence-electron chi connectivity index (χ4n) is 2.34. The van der Waals surface area contributed by atoms with Crippen molar-refractivity contribution >= 4 is 39.1 Å². The van der Waals surface area contributed by atoms with Gasteiger partial charge in [0, 0.05) is 33.6 Å². The quantitative estimate of drug-likeness (QED) is 0.791. The summed E-state index contributed by atoms with van der Waals surface area (Å²) >= 11 is 15.8. The van der Waals surface area contributed by atoms with Crippen LogP contribution in [0.5, 0.6) is 0 Å². The lowest BCUT2D eigenvalue weighted by Crippen LogP contribution is -2.30. The van der Waals surface area contributed by atoms with Crippen LogP contribution in [0.15, 0.2) is 46.9 Å². The van der Waals surface area contributed by atoms with E-state index < -0.39 is 0 Å². The molecule has 2 aromatic rings. The van der Waals surface area contributed by atoms with E-state index in [0.717, 1.165) is 16.6 Å². The van der Waals surface area contributed by atoms with E-state index in [-0.39, 0.29) is 6.04 Å². The lowest BCUT2D eigenvalue weighted by Gasteiger charge is -2.28. The zero-order valence-corrected chi connectivity index (χ0v) is 14.8. The van der Waals surface area contributed by atoms with E-state index in [1.807, 2.05) is 37.4 Å². The number of hydrogen-bond donors (Lipinski definition) is 1. The normalized spacial score (nSPS) is 12.7. The first-order valence-electron chi connectivity index (χ1n) is 6.61. The molecule has 5 heteroatoms. The molecule has 21 heavy (non-hydrogen) atoms. The van der Waals surface area contributed by atoms with Gasteiger partial charge < -0.3 is 5.73 Å². The Bertz CT molecular complexity index is 599. The van der Waals surface area contributed by atoms with Crippen molar-refractivity contribution in [2.24, 2.45) is 5.73 Å². The van der Waals surface area contributed by atoms with E-state index in [1.54, 1.807) is 6.07 Å². The zero-order chi connectivity index (χ0) is 15.4. The first-order valence-corrected chi connectivity index (χ1v) is 8.16. The highest BCUT2D eigenvalue weighted by Crippen LogP contribution is 2.28. The zero-order valence-electron chi connectivity index (χ0n) is 11.7. The van der Waals surface area contributed by atoms with E-state index in [2.05, 4.69) is 26.9 Å². The minimum Gasteiger partial charge on any atom is -0.329 e. The maximum atomic E-state index is 6.09. The number of nitrogens with zero attached hydrogens (tertiary/aromatic N) is 1. The van der Waals surface area contributed by atoms with Gasteiger partial charge in [0.25, 0.3) is 0 Å². The maximum absolute atomic E-state index is 6.09. The summed E-state index contributed by atoms with van der Waals surface area (Å²) in [5.41, 5.74) is 8.20. The molecule has 2 nitrogen and oxygen atoms in total. The molecule has 0 spiro atoms. The van der Waals surface area contributed by atoms with Crippen LogP contribution in [0.25, 0.3) is 0 Å². The van der Waals surface area contributed by atoms with Gasteiger partial charge in [-0.1, -0.05) is 57.3 Å². The fraction of sp³-hybridized carbons (Fsp3) is 0.250. The third kappa shape index (κ3) is 4.44. The van der Waals surface area contributed by atoms with E-state index in [9.17, 15) is 0 Å². The first-order chi connectivity index (χ1) is 10.0. The molecule has 0 saturated heterocycles. The van der Waals surface area contributed by atoms with E-state index >= 15 is 0 Å². The molecule has 0 heterocycles. The average Bonchev–Trinajstić information content (AvgIpc) is 2.41. The van der Waals surface area contributed by atoms with Gasteiger partial charge in [-0.25, -0.2) is 0 Å². The minimum absolute atomic E-state index is 0.0632. The smallest absolute Gasteiger partial charge is 0.0472 e. The molecule has 0 saturated carbocycles. The molecule has 0 aliphatic heterocycles. The molecule has 0 aromatic heterocycles. The molecule has 2 rings (SSSR count). The highest BCUT2D eigenvalue weighted by Gasteiger charge is 2.17. The molecule has 0 aliphatic carbocycles. The second-order valence-electron chi connectivity index (χ2n) is 4.96. The van der Waals surface area contributed by atoms with Crippen molar-refractivity contribution < 1.29 is 0 Å². The van der Waals surface area contributed by atoms with Gasteiger partial charge in [0.2, 0.25) is 0 Å². The predicted molar refractivity (Wildman–Crippen MR) is 93.9 cm³/mol. The topological polar surface area (TPSA) is 29.3 Å². The van der Waals surface area contributed by atoms with Crippen LogP contribution in [-0.2, 0) is 6.54 Å². The SMILES string of the molecule is CN(Cc1ccccc1Br)C(CN)c1cc(Cl)cc(Cl)c1. The second-order valence-corrected chi connectivity index (χ2v) is 6.69. The largest absolute Gasteiger partial charge is 0.329 e. The molecule has 0 radical (unpaired) electrons. The van der Waals surface area contributed by atoms with Gasteiger partial charge in [0.15, 0.2) is 0 Å². The van der Waals surface area contributed by atoms with Crippen LogP contribution >= 0.6 is 39.1 Å². The molecular weight excluding hydrogens is 371 g/mol. The molecule has 112 valence electrons. The Balaban J connectivity index is 2.22. The van der Waals surface area contributed by atoms with Crippen LogP contribution in [0, 0.1) is 0 Å². The summed E-state index contributed by atoms with van der Waals surface area (Å²) in [6.45, 7) is 1.28. The molecule has 1 unspecified atom stereocenters. The van der Waals surface area contributed by atoms with Crippen molar-refractivity contribution in [3.8, 4) is 0 Å². The highest BCUT2D eigenvalue weighted by atomic mass is 79.9. The monoisotopic (exact) mass is 386 g/mol. The summed E-state index contributed by atoms with van der Waals surface area (Å²) in [7, 11) is 2.05. The van der Waals surface area contributed by atoms with Gasteiger partial charge in [-0.2, -0.15) is 0 Å². The molecule has 0 fully saturated rings. The number of benzene rings is 2. The van der Waals surface area contributed by atoms with Crippen LogP contribution in [0.1, 0.15) is 17.2 Å². The van der Waals surface area contributed by atoms with Crippen LogP contribution in [-0.4, -0.2) is 18.5 Å². The molecule has 0 amide bonds. The first kappa shape index (κ1) is 16.8. The van der Waals surface area contributed by atoms with E-state index in [4.69, 9.17) is 28.9 Å². The molecule has 2 N–H and O–H groups in total. The Kier molecular flexibility index (Phi) is 6.08. The molecular formula is C16H17BrCl2N2. The summed E-state index contributed by atoms with van der Waals surface area (Å²) in [6.07, 6.45) is 0. The van der Waals surface area contributed by atoms with Crippen molar-refractivity contribution in [1.29, 1.82) is 0 Å². The second kappa shape index (κ2) is 7.61. The number of rotatable bonds is 5.